The molecule has 1 aromatic heterocycles. The smallest absolute Gasteiger partial charge is 0.194 e. The highest BCUT2D eigenvalue weighted by Crippen LogP contribution is 2.28. The molecule has 1 saturated carbocycles. The van der Waals surface area contributed by atoms with E-state index in [0.717, 1.165) is 63.6 Å². The van der Waals surface area contributed by atoms with Crippen molar-refractivity contribution in [2.45, 2.75) is 45.7 Å². The lowest BCUT2D eigenvalue weighted by Crippen LogP contribution is -2.53. The van der Waals surface area contributed by atoms with E-state index in [-0.39, 0.29) is 24.0 Å². The average molecular weight is 486 g/mol. The maximum atomic E-state index is 4.92. The van der Waals surface area contributed by atoms with Crippen LogP contribution in [-0.4, -0.2) is 78.6 Å². The Morgan fingerprint density at radius 2 is 2.00 bits per heavy atom. The molecular formula is C20H35IN6. The molecule has 0 radical (unpaired) electrons. The van der Waals surface area contributed by atoms with Gasteiger partial charge in [0, 0.05) is 57.5 Å². The number of aromatic nitrogens is 1. The Bertz CT molecular complexity index is 565. The summed E-state index contributed by atoms with van der Waals surface area (Å²) < 4.78 is 0. The quantitative estimate of drug-likeness (QED) is 0.365. The van der Waals surface area contributed by atoms with E-state index >= 15 is 0 Å². The summed E-state index contributed by atoms with van der Waals surface area (Å²) in [5.74, 6) is 2.14. The van der Waals surface area contributed by atoms with Gasteiger partial charge in [0.05, 0.1) is 6.54 Å². The second kappa shape index (κ2) is 11.0. The van der Waals surface area contributed by atoms with Gasteiger partial charge in [-0.25, -0.2) is 4.98 Å². The highest BCUT2D eigenvalue weighted by molar-refractivity contribution is 14.0. The summed E-state index contributed by atoms with van der Waals surface area (Å²) in [4.78, 5) is 16.7. The summed E-state index contributed by atoms with van der Waals surface area (Å²) in [5, 5.41) is 3.48. The molecular weight excluding hydrogens is 451 g/mol. The topological polar surface area (TPSA) is 47.0 Å². The molecule has 0 unspecified atom stereocenters. The van der Waals surface area contributed by atoms with Gasteiger partial charge in [-0.15, -0.1) is 24.0 Å². The van der Waals surface area contributed by atoms with Crippen LogP contribution in [0.4, 0.5) is 5.82 Å². The molecule has 0 bridgehead atoms. The number of hydrogen-bond donors (Lipinski definition) is 1. The van der Waals surface area contributed by atoms with Gasteiger partial charge < -0.3 is 15.1 Å². The number of piperazine rings is 1. The largest absolute Gasteiger partial charge is 0.357 e. The second-order valence-electron chi connectivity index (χ2n) is 7.46. The lowest BCUT2D eigenvalue weighted by atomic mass is 10.3. The number of pyridine rings is 1. The van der Waals surface area contributed by atoms with Crippen LogP contribution in [0.5, 0.6) is 0 Å². The molecule has 0 atom stereocenters. The SMILES string of the molecule is CCNC(=NCCN(C(C)C)C1CC1)N1CCN(c2ccccn2)CC1.I. The number of anilines is 1. The molecule has 1 aliphatic carbocycles. The van der Waals surface area contributed by atoms with Crippen LogP contribution in [0.2, 0.25) is 0 Å². The lowest BCUT2D eigenvalue weighted by molar-refractivity contribution is 0.217. The molecule has 2 heterocycles. The van der Waals surface area contributed by atoms with Crippen molar-refractivity contribution in [3.05, 3.63) is 24.4 Å². The third kappa shape index (κ3) is 6.48. The van der Waals surface area contributed by atoms with Gasteiger partial charge in [-0.05, 0) is 45.7 Å². The molecule has 27 heavy (non-hydrogen) atoms. The van der Waals surface area contributed by atoms with Crippen LogP contribution in [0.15, 0.2) is 29.4 Å². The molecule has 0 spiro atoms. The Labute approximate surface area is 181 Å². The maximum Gasteiger partial charge on any atom is 0.194 e. The first-order valence-corrected chi connectivity index (χ1v) is 10.1. The molecule has 1 N–H and O–H groups in total. The van der Waals surface area contributed by atoms with Crippen molar-refractivity contribution in [2.75, 3.05) is 50.7 Å². The average Bonchev–Trinajstić information content (AvgIpc) is 3.50. The van der Waals surface area contributed by atoms with Gasteiger partial charge in [-0.2, -0.15) is 0 Å². The number of halogens is 1. The van der Waals surface area contributed by atoms with Crippen molar-refractivity contribution in [1.82, 2.24) is 20.1 Å². The number of nitrogens with zero attached hydrogens (tertiary/aromatic N) is 5. The van der Waals surface area contributed by atoms with Crippen LogP contribution in [0.25, 0.3) is 0 Å². The normalized spacial score (nSPS) is 18.0. The summed E-state index contributed by atoms with van der Waals surface area (Å²) in [6, 6.07) is 7.53. The summed E-state index contributed by atoms with van der Waals surface area (Å²) in [6.07, 6.45) is 4.59. The van der Waals surface area contributed by atoms with Crippen molar-refractivity contribution < 1.29 is 0 Å². The summed E-state index contributed by atoms with van der Waals surface area (Å²) in [7, 11) is 0. The van der Waals surface area contributed by atoms with Gasteiger partial charge in [0.2, 0.25) is 0 Å². The second-order valence-corrected chi connectivity index (χ2v) is 7.46. The van der Waals surface area contributed by atoms with Crippen LogP contribution < -0.4 is 10.2 Å². The minimum Gasteiger partial charge on any atom is -0.357 e. The number of aliphatic imine (C=N–C) groups is 1. The predicted octanol–water partition coefficient (Wildman–Crippen LogP) is 2.66. The third-order valence-corrected chi connectivity index (χ3v) is 5.19. The van der Waals surface area contributed by atoms with Crippen molar-refractivity contribution in [3.8, 4) is 0 Å². The van der Waals surface area contributed by atoms with Crippen LogP contribution in [0.1, 0.15) is 33.6 Å². The van der Waals surface area contributed by atoms with Crippen molar-refractivity contribution in [2.24, 2.45) is 4.99 Å². The van der Waals surface area contributed by atoms with E-state index in [1.54, 1.807) is 0 Å². The van der Waals surface area contributed by atoms with Gasteiger partial charge in [-0.3, -0.25) is 9.89 Å². The van der Waals surface area contributed by atoms with Crippen molar-refractivity contribution >= 4 is 35.8 Å². The fraction of sp³-hybridized carbons (Fsp3) is 0.700. The van der Waals surface area contributed by atoms with E-state index in [4.69, 9.17) is 4.99 Å². The molecule has 6 nitrogen and oxygen atoms in total. The fourth-order valence-corrected chi connectivity index (χ4v) is 3.65. The molecule has 7 heteroatoms. The first kappa shape index (κ1) is 22.2. The van der Waals surface area contributed by atoms with E-state index in [0.29, 0.717) is 6.04 Å². The number of nitrogens with one attached hydrogen (secondary N) is 1. The Balaban J connectivity index is 0.00000261. The van der Waals surface area contributed by atoms with E-state index in [1.807, 2.05) is 12.3 Å². The molecule has 2 fully saturated rings. The Hall–Kier alpha value is -1.09. The van der Waals surface area contributed by atoms with Gasteiger partial charge in [0.25, 0.3) is 0 Å². The highest BCUT2D eigenvalue weighted by atomic mass is 127. The van der Waals surface area contributed by atoms with Gasteiger partial charge in [0.15, 0.2) is 5.96 Å². The van der Waals surface area contributed by atoms with E-state index in [9.17, 15) is 0 Å². The minimum absolute atomic E-state index is 0. The summed E-state index contributed by atoms with van der Waals surface area (Å²) in [5.41, 5.74) is 0. The maximum absolute atomic E-state index is 4.92. The molecule has 1 aliphatic heterocycles. The van der Waals surface area contributed by atoms with Gasteiger partial charge >= 0.3 is 0 Å². The summed E-state index contributed by atoms with van der Waals surface area (Å²) >= 11 is 0. The van der Waals surface area contributed by atoms with Gasteiger partial charge in [-0.1, -0.05) is 6.07 Å². The van der Waals surface area contributed by atoms with Gasteiger partial charge in [0.1, 0.15) is 5.82 Å². The third-order valence-electron chi connectivity index (χ3n) is 5.19. The van der Waals surface area contributed by atoms with Crippen LogP contribution in [0.3, 0.4) is 0 Å². The Kier molecular flexibility index (Phi) is 9.08. The van der Waals surface area contributed by atoms with E-state index in [1.165, 1.54) is 12.8 Å². The first-order chi connectivity index (χ1) is 12.7. The predicted molar refractivity (Wildman–Crippen MR) is 124 cm³/mol. The first-order valence-electron chi connectivity index (χ1n) is 10.1. The molecule has 1 saturated heterocycles. The van der Waals surface area contributed by atoms with E-state index in [2.05, 4.69) is 57.9 Å². The van der Waals surface area contributed by atoms with Crippen LogP contribution >= 0.6 is 24.0 Å². The molecule has 3 rings (SSSR count). The molecule has 0 amide bonds. The standard InChI is InChI=1S/C20H34N6.HI/c1-4-21-20(23-11-12-26(17(2)3)18-8-9-18)25-15-13-24(14-16-25)19-7-5-6-10-22-19;/h5-7,10,17-18H,4,8-9,11-16H2,1-3H3,(H,21,23);1H. The molecule has 152 valence electrons. The van der Waals surface area contributed by atoms with E-state index < -0.39 is 0 Å². The monoisotopic (exact) mass is 486 g/mol. The highest BCUT2D eigenvalue weighted by Gasteiger charge is 2.30. The number of hydrogen-bond acceptors (Lipinski definition) is 4. The van der Waals surface area contributed by atoms with Crippen molar-refractivity contribution in [1.29, 1.82) is 0 Å². The zero-order valence-corrected chi connectivity index (χ0v) is 19.3. The fourth-order valence-electron chi connectivity index (χ4n) is 3.65. The number of rotatable bonds is 7. The molecule has 0 aromatic carbocycles. The van der Waals surface area contributed by atoms with Crippen molar-refractivity contribution in [3.63, 3.8) is 0 Å². The lowest BCUT2D eigenvalue weighted by Gasteiger charge is -2.37. The zero-order valence-electron chi connectivity index (χ0n) is 17.0. The zero-order chi connectivity index (χ0) is 18.4. The molecule has 1 aromatic rings. The number of guanidine groups is 1. The Morgan fingerprint density at radius 3 is 2.56 bits per heavy atom. The summed E-state index contributed by atoms with van der Waals surface area (Å²) in [6.45, 7) is 13.5. The van der Waals surface area contributed by atoms with Crippen LogP contribution in [0, 0.1) is 0 Å². The molecule has 2 aliphatic rings. The van der Waals surface area contributed by atoms with Crippen LogP contribution in [-0.2, 0) is 0 Å². The Morgan fingerprint density at radius 1 is 1.26 bits per heavy atom. The minimum atomic E-state index is 0.